The Labute approximate surface area is 331 Å². The van der Waals surface area contributed by atoms with Gasteiger partial charge in [-0.15, -0.1) is 0 Å². The second-order valence-electron chi connectivity index (χ2n) is 15.0. The van der Waals surface area contributed by atoms with E-state index in [1.165, 1.54) is 22.9 Å². The zero-order chi connectivity index (χ0) is 40.9. The summed E-state index contributed by atoms with van der Waals surface area (Å²) in [5.74, 6) is 5.97. The average molecular weight is 799 g/mol. The van der Waals surface area contributed by atoms with Gasteiger partial charge in [0.15, 0.2) is 24.7 Å². The smallest absolute Gasteiger partial charge is 0.384 e. The van der Waals surface area contributed by atoms with Crippen molar-refractivity contribution < 1.29 is 41.3 Å². The number of rotatable bonds is 18. The number of benzene rings is 3. The summed E-state index contributed by atoms with van der Waals surface area (Å²) in [4.78, 5) is 41.0. The summed E-state index contributed by atoms with van der Waals surface area (Å²) in [7, 11) is -6.16. The van der Waals surface area contributed by atoms with Crippen LogP contribution in [0.3, 0.4) is 0 Å². The molecule has 1 aliphatic rings. The minimum atomic E-state index is -3.78. The fourth-order valence-electron chi connectivity index (χ4n) is 5.73. The molecule has 3 aromatic carbocycles. The molecule has 296 valence electrons. The van der Waals surface area contributed by atoms with Gasteiger partial charge in [0.1, 0.15) is 24.5 Å². The molecule has 1 N–H and O–H groups in total. The van der Waals surface area contributed by atoms with E-state index < -0.39 is 42.2 Å². The number of nitrogens with one attached hydrogen (secondary N) is 1. The van der Waals surface area contributed by atoms with E-state index in [0.29, 0.717) is 12.1 Å². The number of Topliss-reactive ketones (excluding diaryl/α,β-unsaturated/α-hetero) is 1. The lowest BCUT2D eigenvalue weighted by Crippen LogP contribution is -2.43. The molecule has 1 heterocycles. The molecule has 4 rings (SSSR count). The Morgan fingerprint density at radius 2 is 1.55 bits per heavy atom. The van der Waals surface area contributed by atoms with E-state index in [2.05, 4.69) is 51.6 Å². The van der Waals surface area contributed by atoms with E-state index in [4.69, 9.17) is 19.3 Å². The summed E-state index contributed by atoms with van der Waals surface area (Å²) in [6.45, 7) is 12.5. The van der Waals surface area contributed by atoms with Crippen molar-refractivity contribution in [1.29, 1.82) is 5.41 Å². The van der Waals surface area contributed by atoms with Crippen molar-refractivity contribution in [2.45, 2.75) is 88.3 Å². The largest absolute Gasteiger partial charge is 0.460 e. The first kappa shape index (κ1) is 43.8. The third-order valence-corrected chi connectivity index (χ3v) is 16.1. The van der Waals surface area contributed by atoms with Crippen LogP contribution in [0.5, 0.6) is 0 Å². The van der Waals surface area contributed by atoms with Gasteiger partial charge in [0.05, 0.1) is 29.0 Å². The van der Waals surface area contributed by atoms with Crippen molar-refractivity contribution in [2.24, 2.45) is 0 Å². The molecule has 1 aliphatic heterocycles. The van der Waals surface area contributed by atoms with Gasteiger partial charge in [-0.25, -0.2) is 18.0 Å². The van der Waals surface area contributed by atoms with E-state index >= 15 is 0 Å². The van der Waals surface area contributed by atoms with Crippen LogP contribution >= 0.6 is 0 Å². The molecular weight excluding hydrogens is 747 g/mol. The zero-order valence-electron chi connectivity index (χ0n) is 33.0. The molecule has 56 heavy (non-hydrogen) atoms. The van der Waals surface area contributed by atoms with Crippen molar-refractivity contribution >= 4 is 48.0 Å². The number of esters is 2. The molecule has 0 amide bonds. The van der Waals surface area contributed by atoms with Crippen LogP contribution in [0, 0.1) is 17.3 Å². The van der Waals surface area contributed by atoms with Gasteiger partial charge in [0, 0.05) is 18.9 Å². The van der Waals surface area contributed by atoms with E-state index in [1.807, 2.05) is 35.2 Å². The molecule has 11 nitrogen and oxygen atoms in total. The minimum Gasteiger partial charge on any atom is -0.460 e. The topological polar surface area (TPSA) is 143 Å². The van der Waals surface area contributed by atoms with E-state index in [1.54, 1.807) is 55.5 Å². The zero-order valence-corrected chi connectivity index (χ0v) is 34.8. The summed E-state index contributed by atoms with van der Waals surface area (Å²) in [6, 6.07) is 25.4. The molecule has 4 atom stereocenters. The molecule has 0 aromatic heterocycles. The van der Waals surface area contributed by atoms with Gasteiger partial charge in [-0.1, -0.05) is 93.4 Å². The van der Waals surface area contributed by atoms with Gasteiger partial charge in [-0.3, -0.25) is 15.1 Å². The number of hydrogen-bond acceptors (Lipinski definition) is 10. The van der Waals surface area contributed by atoms with Crippen molar-refractivity contribution in [2.75, 3.05) is 25.5 Å². The quantitative estimate of drug-likeness (QED) is 0.0308. The third kappa shape index (κ3) is 12.5. The van der Waals surface area contributed by atoms with Gasteiger partial charge in [0.25, 0.3) is 5.70 Å². The Balaban J connectivity index is 1.65. The monoisotopic (exact) mass is 798 g/mol. The Kier molecular flexibility index (Phi) is 15.4. The molecule has 1 fully saturated rings. The van der Waals surface area contributed by atoms with Gasteiger partial charge in [-0.05, 0) is 61.3 Å². The molecule has 0 bridgehead atoms. The standard InChI is InChI=1S/C43H52N3O8SSi/c1-7-52-40(48)26-25-36(54-56(5,6)43(2,3)4)24-23-35(47)31-45(27-28-55(50,51)37-21-15-10-16-22-37)38(29-44)41-39(46(41)30-33-17-11-8-12-18-33)32-53-42(49)34-19-13-9-14-20-34/h8-22,31,36,39,41,44H,7,23-24,27-28,30,32H2,1-6H3/q+1/t36?,39-,41+,46?/m0/s1. The first-order chi connectivity index (χ1) is 26.6. The minimum absolute atomic E-state index is 0.00782. The van der Waals surface area contributed by atoms with Crippen LogP contribution in [0.2, 0.25) is 18.1 Å². The summed E-state index contributed by atoms with van der Waals surface area (Å²) in [5, 5.41) is 8.28. The van der Waals surface area contributed by atoms with Gasteiger partial charge in [0.2, 0.25) is 12.0 Å². The molecule has 0 spiro atoms. The Bertz CT molecular complexity index is 2080. The highest BCUT2D eigenvalue weighted by molar-refractivity contribution is 7.91. The predicted octanol–water partition coefficient (Wildman–Crippen LogP) is 6.09. The number of hydrogen-bond donors (Lipinski definition) is 1. The maximum absolute atomic E-state index is 13.8. The van der Waals surface area contributed by atoms with Crippen molar-refractivity contribution in [3.8, 4) is 11.8 Å². The second-order valence-corrected chi connectivity index (χ2v) is 21.8. The van der Waals surface area contributed by atoms with E-state index in [9.17, 15) is 22.8 Å². The fraction of sp³-hybridized carbons (Fsp3) is 0.395. The number of sulfone groups is 1. The highest BCUT2D eigenvalue weighted by Crippen LogP contribution is 2.38. The molecule has 13 heteroatoms. The third-order valence-electron chi connectivity index (χ3n) is 9.89. The van der Waals surface area contributed by atoms with Crippen LogP contribution in [-0.4, -0.2) is 99.7 Å². The molecule has 0 aliphatic carbocycles. The van der Waals surface area contributed by atoms with Gasteiger partial charge < -0.3 is 13.9 Å². The summed E-state index contributed by atoms with van der Waals surface area (Å²) in [6.07, 6.45) is 0.692. The molecule has 1 saturated heterocycles. The first-order valence-electron chi connectivity index (χ1n) is 18.7. The van der Waals surface area contributed by atoms with E-state index in [0.717, 1.165) is 5.56 Å². The normalized spacial score (nSPS) is 17.4. The fourth-order valence-corrected chi connectivity index (χ4v) is 8.22. The number of nitrogens with zero attached hydrogens (tertiary/aromatic N) is 2. The summed E-state index contributed by atoms with van der Waals surface area (Å²) >= 11 is 0. The number of carbonyl (C=O) groups excluding carboxylic acids is 3. The Hall–Kier alpha value is -4.96. The first-order valence-corrected chi connectivity index (χ1v) is 23.2. The predicted molar refractivity (Wildman–Crippen MR) is 218 cm³/mol. The lowest BCUT2D eigenvalue weighted by Gasteiger charge is -2.38. The van der Waals surface area contributed by atoms with Gasteiger partial charge >= 0.3 is 11.9 Å². The van der Waals surface area contributed by atoms with Crippen molar-refractivity contribution in [3.63, 3.8) is 0 Å². The maximum Gasteiger partial charge on any atom is 0.384 e. The molecule has 2 unspecified atom stereocenters. The maximum atomic E-state index is 13.8. The number of ether oxygens (including phenoxy) is 2. The lowest BCUT2D eigenvalue weighted by atomic mass is 10.1. The number of carbonyl (C=O) groups is 3. The Morgan fingerprint density at radius 1 is 0.946 bits per heavy atom. The highest BCUT2D eigenvalue weighted by atomic mass is 32.2. The van der Waals surface area contributed by atoms with Crippen LogP contribution in [-0.2, 0) is 39.9 Å². The SMILES string of the molecule is CCOC(=O)C#CC(CCC(=O)C=[N+](CCS(=O)(=O)c1ccccc1)C(=C=N)[C@@H]1[C@H](COC(=O)c2ccccc2)N1Cc1ccccc1)O[Si](C)(C)C(C)(C)C. The van der Waals surface area contributed by atoms with Crippen LogP contribution in [0.1, 0.15) is 56.5 Å². The van der Waals surface area contributed by atoms with E-state index in [-0.39, 0.29) is 65.8 Å². The van der Waals surface area contributed by atoms with Crippen molar-refractivity contribution in [1.82, 2.24) is 4.90 Å². The van der Waals surface area contributed by atoms with Crippen LogP contribution in [0.15, 0.2) is 102 Å². The van der Waals surface area contributed by atoms with Crippen LogP contribution < -0.4 is 0 Å². The number of ketones is 1. The molecule has 3 aromatic rings. The van der Waals surface area contributed by atoms with Crippen molar-refractivity contribution in [3.05, 3.63) is 108 Å². The molecule has 0 radical (unpaired) electrons. The average Bonchev–Trinajstić information content (AvgIpc) is 3.85. The molecular formula is C43H52N3O8SSi+. The Morgan fingerprint density at radius 3 is 2.14 bits per heavy atom. The summed E-state index contributed by atoms with van der Waals surface area (Å²) in [5.41, 5.74) is 1.64. The molecule has 0 saturated carbocycles. The lowest BCUT2D eigenvalue weighted by molar-refractivity contribution is -0.466. The van der Waals surface area contributed by atoms with Crippen LogP contribution in [0.4, 0.5) is 0 Å². The highest BCUT2D eigenvalue weighted by Gasteiger charge is 2.55. The second kappa shape index (κ2) is 19.8. The van der Waals surface area contributed by atoms with Crippen LogP contribution in [0.25, 0.3) is 0 Å². The van der Waals surface area contributed by atoms with Gasteiger partial charge in [-0.2, -0.15) is 4.58 Å². The summed E-state index contributed by atoms with van der Waals surface area (Å²) < 4.78 is 45.6.